The van der Waals surface area contributed by atoms with Gasteiger partial charge in [-0.25, -0.2) is 15.0 Å². The number of furan rings is 2. The van der Waals surface area contributed by atoms with Crippen LogP contribution in [0.1, 0.15) is 0 Å². The maximum Gasteiger partial charge on any atom is 0.164 e. The summed E-state index contributed by atoms with van der Waals surface area (Å²) < 4.78 is 18.6. The number of hydrogen-bond acceptors (Lipinski definition) is 6. The largest absolute Gasteiger partial charge is 0.456 e. The molecule has 0 atom stereocenters. The summed E-state index contributed by atoms with van der Waals surface area (Å²) >= 11 is 1.84. The zero-order valence-corrected chi connectivity index (χ0v) is 34.8. The topological polar surface area (TPSA) is 69.9 Å². The van der Waals surface area contributed by atoms with Gasteiger partial charge in [0.1, 0.15) is 16.7 Å². The Labute approximate surface area is 368 Å². The highest BCUT2D eigenvalue weighted by molar-refractivity contribution is 7.26. The summed E-state index contributed by atoms with van der Waals surface area (Å²) in [5.74, 6) is 1.77. The fourth-order valence-electron chi connectivity index (χ4n) is 9.78. The second-order valence-corrected chi connectivity index (χ2v) is 17.3. The van der Waals surface area contributed by atoms with Crippen molar-refractivity contribution in [2.75, 3.05) is 0 Å². The van der Waals surface area contributed by atoms with Crippen LogP contribution in [0.3, 0.4) is 0 Å². The summed E-state index contributed by atoms with van der Waals surface area (Å²) in [7, 11) is 0. The molecule has 14 aromatic rings. The van der Waals surface area contributed by atoms with Gasteiger partial charge in [0.05, 0.1) is 21.4 Å². The van der Waals surface area contributed by atoms with Crippen molar-refractivity contribution in [3.63, 3.8) is 0 Å². The predicted molar refractivity (Wildman–Crippen MR) is 263 cm³/mol. The quantitative estimate of drug-likeness (QED) is 0.173. The van der Waals surface area contributed by atoms with Crippen molar-refractivity contribution in [1.82, 2.24) is 19.5 Å². The molecule has 0 spiro atoms. The van der Waals surface area contributed by atoms with E-state index in [4.69, 9.17) is 23.8 Å². The average Bonchev–Trinajstić information content (AvgIpc) is 4.13. The average molecular weight is 837 g/mol. The summed E-state index contributed by atoms with van der Waals surface area (Å²) in [6, 6.07) is 67.7. The number of fused-ring (bicyclic) bond motifs is 13. The first-order chi connectivity index (χ1) is 31.7. The third kappa shape index (κ3) is 5.16. The molecule has 0 radical (unpaired) electrons. The minimum atomic E-state index is 0.567. The number of benzene rings is 9. The van der Waals surface area contributed by atoms with Gasteiger partial charge in [0.15, 0.2) is 23.1 Å². The van der Waals surface area contributed by atoms with Gasteiger partial charge >= 0.3 is 0 Å². The number of aromatic nitrogens is 4. The molecule has 0 bridgehead atoms. The van der Waals surface area contributed by atoms with Gasteiger partial charge in [-0.3, -0.25) is 0 Å². The molecule has 0 saturated heterocycles. The van der Waals surface area contributed by atoms with E-state index in [2.05, 4.69) is 126 Å². The van der Waals surface area contributed by atoms with Gasteiger partial charge in [-0.1, -0.05) is 146 Å². The molecule has 0 amide bonds. The lowest BCUT2D eigenvalue weighted by Gasteiger charge is -2.11. The fourth-order valence-corrected chi connectivity index (χ4v) is 11.0. The number of para-hydroxylation sites is 3. The minimum absolute atomic E-state index is 0.567. The molecule has 5 heterocycles. The third-order valence-corrected chi connectivity index (χ3v) is 13.9. The van der Waals surface area contributed by atoms with Gasteiger partial charge in [0.2, 0.25) is 0 Å². The molecule has 6 nitrogen and oxygen atoms in total. The Morgan fingerprint density at radius 3 is 1.84 bits per heavy atom. The highest BCUT2D eigenvalue weighted by Gasteiger charge is 2.25. The van der Waals surface area contributed by atoms with Gasteiger partial charge in [-0.05, 0) is 54.1 Å². The van der Waals surface area contributed by atoms with Crippen molar-refractivity contribution in [1.29, 1.82) is 0 Å². The van der Waals surface area contributed by atoms with Crippen molar-refractivity contribution >= 4 is 97.2 Å². The van der Waals surface area contributed by atoms with Crippen LogP contribution in [-0.2, 0) is 0 Å². The molecule has 0 unspecified atom stereocenters. The summed E-state index contributed by atoms with van der Waals surface area (Å²) in [6.45, 7) is 0. The van der Waals surface area contributed by atoms with Crippen LogP contribution in [-0.4, -0.2) is 19.5 Å². The maximum atomic E-state index is 7.42. The molecule has 0 saturated carbocycles. The van der Waals surface area contributed by atoms with Crippen LogP contribution < -0.4 is 0 Å². The first-order valence-corrected chi connectivity index (χ1v) is 22.2. The zero-order valence-electron chi connectivity index (χ0n) is 34.0. The summed E-state index contributed by atoms with van der Waals surface area (Å²) in [6.07, 6.45) is 0. The van der Waals surface area contributed by atoms with E-state index in [1.807, 2.05) is 84.1 Å². The van der Waals surface area contributed by atoms with E-state index in [0.717, 1.165) is 82.9 Å². The molecule has 9 aromatic carbocycles. The van der Waals surface area contributed by atoms with E-state index < -0.39 is 0 Å². The SMILES string of the molecule is c1ccc(-c2nc(-c3ccccc3)nc(-c3ccc(-c4ccc5oc6ccccc6c5c4)c4oc5c(-n6c7ccccc7c7ccc8c9ccccc9sc8c76)cccc5c34)n2)cc1. The van der Waals surface area contributed by atoms with Crippen LogP contribution >= 0.6 is 11.3 Å². The Kier molecular flexibility index (Phi) is 7.46. The van der Waals surface area contributed by atoms with E-state index in [1.165, 1.54) is 36.5 Å². The van der Waals surface area contributed by atoms with Gasteiger partial charge in [-0.15, -0.1) is 11.3 Å². The molecule has 0 N–H and O–H groups in total. The van der Waals surface area contributed by atoms with Gasteiger partial charge < -0.3 is 13.4 Å². The zero-order chi connectivity index (χ0) is 41.9. The lowest BCUT2D eigenvalue weighted by molar-refractivity contribution is 0.667. The summed E-state index contributed by atoms with van der Waals surface area (Å²) in [5, 5.41) is 8.94. The van der Waals surface area contributed by atoms with Crippen LogP contribution in [0.2, 0.25) is 0 Å². The van der Waals surface area contributed by atoms with Gasteiger partial charge in [0, 0.05) is 70.0 Å². The molecule has 0 fully saturated rings. The second-order valence-electron chi connectivity index (χ2n) is 16.3. The molecular formula is C57H32N4O2S. The standard InChI is InChI=1S/C57H32N4O2S/c1-3-14-33(15-4-1)55-58-56(34-16-5-2-6-17-34)60-57(59-55)43-30-27-36(35-26-31-48-44(32-35)38-19-8-11-24-47(38)62-48)53-50(43)42-21-13-23-46(52(42)63-53)61-45-22-10-7-18-37(45)40-28-29-41-39-20-9-12-25-49(39)64-54(41)51(40)61/h1-32H. The lowest BCUT2D eigenvalue weighted by Crippen LogP contribution is -2.00. The Balaban J connectivity index is 1.10. The molecule has 14 rings (SSSR count). The van der Waals surface area contributed by atoms with E-state index >= 15 is 0 Å². The van der Waals surface area contributed by atoms with Crippen molar-refractivity contribution < 1.29 is 8.83 Å². The number of hydrogen-bond donors (Lipinski definition) is 0. The van der Waals surface area contributed by atoms with E-state index in [-0.39, 0.29) is 0 Å². The molecule has 0 aliphatic carbocycles. The molecule has 0 aliphatic rings. The van der Waals surface area contributed by atoms with Crippen molar-refractivity contribution in [2.24, 2.45) is 0 Å². The Morgan fingerprint density at radius 1 is 0.391 bits per heavy atom. The number of nitrogens with zero attached hydrogens (tertiary/aromatic N) is 4. The summed E-state index contributed by atoms with van der Waals surface area (Å²) in [5.41, 5.74) is 11.1. The Morgan fingerprint density at radius 2 is 1.03 bits per heavy atom. The molecule has 64 heavy (non-hydrogen) atoms. The van der Waals surface area contributed by atoms with Crippen LogP contribution in [0.25, 0.3) is 137 Å². The lowest BCUT2D eigenvalue weighted by atomic mass is 9.96. The summed E-state index contributed by atoms with van der Waals surface area (Å²) in [4.78, 5) is 15.5. The van der Waals surface area contributed by atoms with E-state index in [9.17, 15) is 0 Å². The Bertz CT molecular complexity index is 4140. The first-order valence-electron chi connectivity index (χ1n) is 21.3. The monoisotopic (exact) mass is 836 g/mol. The Hall–Kier alpha value is -8.39. The highest BCUT2D eigenvalue weighted by atomic mass is 32.1. The van der Waals surface area contributed by atoms with Crippen LogP contribution in [0.5, 0.6) is 0 Å². The normalized spacial score (nSPS) is 12.1. The van der Waals surface area contributed by atoms with Crippen LogP contribution in [0.4, 0.5) is 0 Å². The molecule has 298 valence electrons. The molecule has 0 aliphatic heterocycles. The number of thiophene rings is 1. The molecule has 5 aromatic heterocycles. The maximum absolute atomic E-state index is 7.42. The van der Waals surface area contributed by atoms with Crippen molar-refractivity contribution in [2.45, 2.75) is 0 Å². The van der Waals surface area contributed by atoms with Gasteiger partial charge in [-0.2, -0.15) is 0 Å². The third-order valence-electron chi connectivity index (χ3n) is 12.7. The number of rotatable bonds is 5. The smallest absolute Gasteiger partial charge is 0.164 e. The first kappa shape index (κ1) is 35.2. The van der Waals surface area contributed by atoms with Crippen LogP contribution in [0.15, 0.2) is 203 Å². The second kappa shape index (κ2) is 13.6. The van der Waals surface area contributed by atoms with Crippen molar-refractivity contribution in [3.05, 3.63) is 194 Å². The van der Waals surface area contributed by atoms with E-state index in [1.54, 1.807) is 0 Å². The van der Waals surface area contributed by atoms with Gasteiger partial charge in [0.25, 0.3) is 0 Å². The molecule has 7 heteroatoms. The fraction of sp³-hybridized carbons (Fsp3) is 0. The predicted octanol–water partition coefficient (Wildman–Crippen LogP) is 15.8. The molecular weight excluding hydrogens is 805 g/mol. The highest BCUT2D eigenvalue weighted by Crippen LogP contribution is 2.47. The minimum Gasteiger partial charge on any atom is -0.456 e. The van der Waals surface area contributed by atoms with Crippen LogP contribution in [0, 0.1) is 0 Å². The van der Waals surface area contributed by atoms with Crippen molar-refractivity contribution in [3.8, 4) is 51.0 Å². The van der Waals surface area contributed by atoms with E-state index in [0.29, 0.717) is 17.5 Å².